The highest BCUT2D eigenvalue weighted by Crippen LogP contribution is 2.46. The lowest BCUT2D eigenvalue weighted by atomic mass is 9.80. The molecule has 0 spiro atoms. The second-order valence-corrected chi connectivity index (χ2v) is 8.68. The molecule has 1 aromatic heterocycles. The molecule has 2 bridgehead atoms. The molecule has 2 aromatic carbocycles. The Morgan fingerprint density at radius 3 is 2.46 bits per heavy atom. The fraction of sp³-hybridized carbons (Fsp3) is 0.364. The Bertz CT molecular complexity index is 919. The molecule has 2 saturated heterocycles. The summed E-state index contributed by atoms with van der Waals surface area (Å²) in [7, 11) is 0. The lowest BCUT2D eigenvalue weighted by molar-refractivity contribution is -0.0594. The lowest BCUT2D eigenvalue weighted by Gasteiger charge is -2.44. The molecule has 134 valence electrons. The van der Waals surface area contributed by atoms with Gasteiger partial charge in [-0.1, -0.05) is 46.3 Å². The molecule has 0 aliphatic carbocycles. The monoisotopic (exact) mass is 411 g/mol. The van der Waals surface area contributed by atoms with Gasteiger partial charge in [-0.05, 0) is 49.4 Å². The molecule has 2 unspecified atom stereocenters. The third-order valence-corrected chi connectivity index (χ3v) is 6.74. The van der Waals surface area contributed by atoms with Gasteiger partial charge in [0.05, 0.1) is 11.9 Å². The number of nitrogens with zero attached hydrogens (tertiary/aromatic N) is 1. The Kier molecular flexibility index (Phi) is 3.96. The summed E-state index contributed by atoms with van der Waals surface area (Å²) in [5.41, 5.74) is 2.55. The van der Waals surface area contributed by atoms with Gasteiger partial charge in [-0.25, -0.2) is 0 Å². The van der Waals surface area contributed by atoms with Crippen LogP contribution in [0.1, 0.15) is 36.8 Å². The van der Waals surface area contributed by atoms with Crippen LogP contribution >= 0.6 is 15.9 Å². The molecule has 3 nitrogen and oxygen atoms in total. The van der Waals surface area contributed by atoms with Crippen molar-refractivity contribution in [3.63, 3.8) is 0 Å². The van der Waals surface area contributed by atoms with Gasteiger partial charge in [-0.3, -0.25) is 4.90 Å². The molecule has 4 heteroatoms. The zero-order valence-electron chi connectivity index (χ0n) is 14.6. The van der Waals surface area contributed by atoms with Crippen LogP contribution in [-0.4, -0.2) is 22.1 Å². The maximum absolute atomic E-state index is 11.4. The quantitative estimate of drug-likeness (QED) is 0.642. The average Bonchev–Trinajstić information content (AvgIpc) is 3.16. The van der Waals surface area contributed by atoms with Gasteiger partial charge in [0, 0.05) is 34.1 Å². The van der Waals surface area contributed by atoms with Gasteiger partial charge >= 0.3 is 0 Å². The minimum atomic E-state index is -0.707. The highest BCUT2D eigenvalue weighted by Gasteiger charge is 2.48. The van der Waals surface area contributed by atoms with E-state index >= 15 is 0 Å². The molecule has 26 heavy (non-hydrogen) atoms. The van der Waals surface area contributed by atoms with E-state index in [9.17, 15) is 5.11 Å². The van der Waals surface area contributed by atoms with Gasteiger partial charge in [-0.15, -0.1) is 0 Å². The van der Waals surface area contributed by atoms with E-state index in [0.717, 1.165) is 35.0 Å². The Labute approximate surface area is 161 Å². The minimum absolute atomic E-state index is 0.427. The number of fused-ring (bicyclic) bond motifs is 3. The third-order valence-electron chi connectivity index (χ3n) is 6.21. The van der Waals surface area contributed by atoms with E-state index in [2.05, 4.69) is 45.1 Å². The molecule has 5 rings (SSSR count). The predicted molar refractivity (Wildman–Crippen MR) is 106 cm³/mol. The Balaban J connectivity index is 1.40. The summed E-state index contributed by atoms with van der Waals surface area (Å²) in [6.07, 6.45) is 5.85. The van der Waals surface area contributed by atoms with Crippen molar-refractivity contribution in [2.24, 2.45) is 0 Å². The van der Waals surface area contributed by atoms with Crippen LogP contribution in [0.15, 0.2) is 63.7 Å². The molecule has 0 radical (unpaired) electrons. The first kappa shape index (κ1) is 16.5. The van der Waals surface area contributed by atoms with Crippen molar-refractivity contribution in [2.45, 2.75) is 49.9 Å². The standard InChI is InChI=1S/C22H22BrNO2/c23-17-7-5-16(6-8-17)22(25)11-18-9-10-19(12-22)24(18)13-15-14-26-21-4-2-1-3-20(15)21/h1-8,14,18-19,25H,9-13H2. The van der Waals surface area contributed by atoms with E-state index in [1.165, 1.54) is 23.8 Å². The Morgan fingerprint density at radius 1 is 1.04 bits per heavy atom. The van der Waals surface area contributed by atoms with Crippen LogP contribution in [0.2, 0.25) is 0 Å². The normalized spacial score (nSPS) is 28.7. The van der Waals surface area contributed by atoms with Crippen molar-refractivity contribution < 1.29 is 9.52 Å². The van der Waals surface area contributed by atoms with Crippen molar-refractivity contribution in [1.82, 2.24) is 4.90 Å². The Morgan fingerprint density at radius 2 is 1.73 bits per heavy atom. The van der Waals surface area contributed by atoms with Crippen molar-refractivity contribution in [3.8, 4) is 0 Å². The first-order valence-electron chi connectivity index (χ1n) is 9.32. The van der Waals surface area contributed by atoms with Crippen molar-refractivity contribution >= 4 is 26.9 Å². The highest BCUT2D eigenvalue weighted by atomic mass is 79.9. The zero-order chi connectivity index (χ0) is 17.7. The highest BCUT2D eigenvalue weighted by molar-refractivity contribution is 9.10. The van der Waals surface area contributed by atoms with Crippen LogP contribution in [0.5, 0.6) is 0 Å². The number of hydrogen-bond donors (Lipinski definition) is 1. The summed E-state index contributed by atoms with van der Waals surface area (Å²) in [6.45, 7) is 0.906. The predicted octanol–water partition coefficient (Wildman–Crippen LogP) is 5.21. The number of para-hydroxylation sites is 1. The summed E-state index contributed by atoms with van der Waals surface area (Å²) in [5.74, 6) is 0. The molecule has 1 N–H and O–H groups in total. The summed E-state index contributed by atoms with van der Waals surface area (Å²) >= 11 is 3.49. The zero-order valence-corrected chi connectivity index (χ0v) is 16.2. The minimum Gasteiger partial charge on any atom is -0.464 e. The molecule has 3 heterocycles. The van der Waals surface area contributed by atoms with Gasteiger partial charge in [-0.2, -0.15) is 0 Å². The van der Waals surface area contributed by atoms with Crippen LogP contribution in [0.4, 0.5) is 0 Å². The fourth-order valence-corrected chi connectivity index (χ4v) is 5.19. The second-order valence-electron chi connectivity index (χ2n) is 7.76. The van der Waals surface area contributed by atoms with E-state index in [1.807, 2.05) is 30.5 Å². The number of aliphatic hydroxyl groups is 1. The van der Waals surface area contributed by atoms with Gasteiger partial charge in [0.25, 0.3) is 0 Å². The summed E-state index contributed by atoms with van der Waals surface area (Å²) in [5, 5.41) is 12.6. The van der Waals surface area contributed by atoms with Crippen LogP contribution in [0, 0.1) is 0 Å². The number of piperidine rings is 1. The largest absolute Gasteiger partial charge is 0.464 e. The smallest absolute Gasteiger partial charge is 0.134 e. The van der Waals surface area contributed by atoms with E-state index in [1.54, 1.807) is 0 Å². The maximum Gasteiger partial charge on any atom is 0.134 e. The second kappa shape index (κ2) is 6.22. The van der Waals surface area contributed by atoms with Crippen LogP contribution in [0.3, 0.4) is 0 Å². The van der Waals surface area contributed by atoms with Crippen LogP contribution in [-0.2, 0) is 12.1 Å². The van der Waals surface area contributed by atoms with E-state index in [4.69, 9.17) is 4.42 Å². The number of halogens is 1. The van der Waals surface area contributed by atoms with Gasteiger partial charge in [0.15, 0.2) is 0 Å². The Hall–Kier alpha value is -1.62. The van der Waals surface area contributed by atoms with Gasteiger partial charge in [0.2, 0.25) is 0 Å². The van der Waals surface area contributed by atoms with Crippen molar-refractivity contribution in [1.29, 1.82) is 0 Å². The van der Waals surface area contributed by atoms with E-state index in [-0.39, 0.29) is 0 Å². The topological polar surface area (TPSA) is 36.6 Å². The lowest BCUT2D eigenvalue weighted by Crippen LogP contribution is -2.49. The molecule has 2 aliphatic heterocycles. The number of benzene rings is 2. The van der Waals surface area contributed by atoms with Crippen LogP contribution < -0.4 is 0 Å². The SMILES string of the molecule is OC1(c2ccc(Br)cc2)CC2CCC(C1)N2Cc1coc2ccccc12. The van der Waals surface area contributed by atoms with Gasteiger partial charge < -0.3 is 9.52 Å². The number of furan rings is 1. The third kappa shape index (κ3) is 2.72. The molecular weight excluding hydrogens is 390 g/mol. The first-order valence-corrected chi connectivity index (χ1v) is 10.1. The molecule has 0 saturated carbocycles. The summed E-state index contributed by atoms with van der Waals surface area (Å²) in [6, 6.07) is 17.3. The maximum atomic E-state index is 11.4. The summed E-state index contributed by atoms with van der Waals surface area (Å²) < 4.78 is 6.78. The molecule has 3 aromatic rings. The molecular formula is C22H22BrNO2. The van der Waals surface area contributed by atoms with Crippen LogP contribution in [0.25, 0.3) is 11.0 Å². The number of rotatable bonds is 3. The van der Waals surface area contributed by atoms with Crippen molar-refractivity contribution in [3.05, 3.63) is 70.4 Å². The van der Waals surface area contributed by atoms with Crippen molar-refractivity contribution in [2.75, 3.05) is 0 Å². The first-order chi connectivity index (χ1) is 12.6. The number of hydrogen-bond acceptors (Lipinski definition) is 3. The van der Waals surface area contributed by atoms with E-state index in [0.29, 0.717) is 12.1 Å². The molecule has 2 fully saturated rings. The molecule has 2 atom stereocenters. The fourth-order valence-electron chi connectivity index (χ4n) is 4.92. The molecule has 0 amide bonds. The van der Waals surface area contributed by atoms with E-state index < -0.39 is 5.60 Å². The van der Waals surface area contributed by atoms with Gasteiger partial charge in [0.1, 0.15) is 5.58 Å². The molecule has 2 aliphatic rings. The summed E-state index contributed by atoms with van der Waals surface area (Å²) in [4.78, 5) is 2.59. The average molecular weight is 412 g/mol.